The van der Waals surface area contributed by atoms with Crippen molar-refractivity contribution in [2.45, 2.75) is 37.8 Å². The number of likely N-dealkylation sites (N-methyl/N-ethyl adjacent to an activating group) is 1. The van der Waals surface area contributed by atoms with Gasteiger partial charge in [0.15, 0.2) is 17.3 Å². The highest BCUT2D eigenvalue weighted by Gasteiger charge is 2.28. The van der Waals surface area contributed by atoms with Crippen LogP contribution in [0.3, 0.4) is 0 Å². The van der Waals surface area contributed by atoms with E-state index in [1.165, 1.54) is 44.7 Å². The van der Waals surface area contributed by atoms with Gasteiger partial charge in [0.1, 0.15) is 5.69 Å². The summed E-state index contributed by atoms with van der Waals surface area (Å²) in [6, 6.07) is 13.1. The molecule has 3 aromatic rings. The predicted octanol–water partition coefficient (Wildman–Crippen LogP) is 3.17. The molecular weight excluding hydrogens is 490 g/mol. The maximum absolute atomic E-state index is 12.4. The molecule has 1 amide bonds. The minimum atomic E-state index is -0.627. The number of carbonyl (C=O) groups excluding carboxylic acids is 1. The number of rotatable bonds is 8. The van der Waals surface area contributed by atoms with E-state index in [9.17, 15) is 4.79 Å². The molecule has 4 N–H and O–H groups in total. The lowest BCUT2D eigenvalue weighted by Gasteiger charge is -2.42. The van der Waals surface area contributed by atoms with Crippen LogP contribution in [0.1, 0.15) is 36.2 Å². The van der Waals surface area contributed by atoms with Crippen LogP contribution < -0.4 is 21.3 Å². The number of carbonyl (C=O) groups is 1. The van der Waals surface area contributed by atoms with E-state index in [0.29, 0.717) is 29.4 Å². The number of primary amides is 1. The highest BCUT2D eigenvalue weighted by Crippen LogP contribution is 2.33. The summed E-state index contributed by atoms with van der Waals surface area (Å²) >= 11 is 0. The van der Waals surface area contributed by atoms with Crippen LogP contribution in [0.15, 0.2) is 48.8 Å². The van der Waals surface area contributed by atoms with Crippen LogP contribution >= 0.6 is 0 Å². The molecule has 10 nitrogen and oxygen atoms in total. The summed E-state index contributed by atoms with van der Waals surface area (Å²) in [5, 5.41) is 6.75. The van der Waals surface area contributed by atoms with Crippen LogP contribution in [0.4, 0.5) is 23.0 Å². The van der Waals surface area contributed by atoms with Crippen molar-refractivity contribution in [3.05, 3.63) is 54.5 Å². The van der Waals surface area contributed by atoms with Gasteiger partial charge in [0, 0.05) is 80.7 Å². The third kappa shape index (κ3) is 5.97. The van der Waals surface area contributed by atoms with Crippen molar-refractivity contribution >= 4 is 28.9 Å². The molecule has 0 unspecified atom stereocenters. The van der Waals surface area contributed by atoms with Gasteiger partial charge in [0.25, 0.3) is 5.91 Å². The highest BCUT2D eigenvalue weighted by atomic mass is 16.1. The van der Waals surface area contributed by atoms with Gasteiger partial charge in [-0.05, 0) is 69.1 Å². The number of aromatic nitrogens is 3. The molecule has 6 rings (SSSR count). The molecule has 4 heterocycles. The molecule has 204 valence electrons. The summed E-state index contributed by atoms with van der Waals surface area (Å²) in [6.45, 7) is 6.82. The standard InChI is InChI=1S/C29H37N9O/c1-36-16-18-38(19-17-36)24-10-14-37(15-11-24)23-6-4-22(5-7-23)33-29-26(27(30)39)34-25(20-8-12-31-13-9-20)28(35-29)32-21-2-3-21/h4-9,12-13,21,24H,2-3,10-11,14-19H2,1H3,(H2,30,39)(H2,32,33,35). The smallest absolute Gasteiger partial charge is 0.271 e. The van der Waals surface area contributed by atoms with Gasteiger partial charge in [0.05, 0.1) is 0 Å². The average Bonchev–Trinajstić information content (AvgIpc) is 3.79. The van der Waals surface area contributed by atoms with Crippen molar-refractivity contribution in [3.63, 3.8) is 0 Å². The molecule has 10 heteroatoms. The van der Waals surface area contributed by atoms with Gasteiger partial charge in [0.2, 0.25) is 0 Å². The van der Waals surface area contributed by atoms with Crippen LogP contribution in [0.2, 0.25) is 0 Å². The third-order valence-corrected chi connectivity index (χ3v) is 8.02. The van der Waals surface area contributed by atoms with E-state index in [4.69, 9.17) is 10.7 Å². The van der Waals surface area contributed by atoms with Crippen LogP contribution in [0.25, 0.3) is 11.3 Å². The SMILES string of the molecule is CN1CCN(C2CCN(c3ccc(Nc4nc(NC5CC5)c(-c5ccncc5)nc4C(N)=O)cc3)CC2)CC1. The van der Waals surface area contributed by atoms with Crippen molar-refractivity contribution in [2.24, 2.45) is 5.73 Å². The second-order valence-electron chi connectivity index (χ2n) is 10.9. The Balaban J connectivity index is 1.16. The van der Waals surface area contributed by atoms with Gasteiger partial charge in [-0.15, -0.1) is 0 Å². The largest absolute Gasteiger partial charge is 0.371 e. The van der Waals surface area contributed by atoms with Crippen LogP contribution in [-0.4, -0.2) is 89.1 Å². The molecule has 2 saturated heterocycles. The normalized spacial score (nSPS) is 19.2. The summed E-state index contributed by atoms with van der Waals surface area (Å²) in [6.07, 6.45) is 7.97. The van der Waals surface area contributed by atoms with Gasteiger partial charge in [-0.3, -0.25) is 14.7 Å². The van der Waals surface area contributed by atoms with Gasteiger partial charge in [-0.1, -0.05) is 0 Å². The summed E-state index contributed by atoms with van der Waals surface area (Å²) in [7, 11) is 2.21. The first kappa shape index (κ1) is 25.5. The Morgan fingerprint density at radius 2 is 1.56 bits per heavy atom. The Kier molecular flexibility index (Phi) is 7.30. The van der Waals surface area contributed by atoms with Gasteiger partial charge in [-0.2, -0.15) is 0 Å². The molecule has 2 aliphatic heterocycles. The fraction of sp³-hybridized carbons (Fsp3) is 0.448. The van der Waals surface area contributed by atoms with Crippen molar-refractivity contribution in [1.82, 2.24) is 24.8 Å². The predicted molar refractivity (Wildman–Crippen MR) is 154 cm³/mol. The Morgan fingerprint density at radius 3 is 2.21 bits per heavy atom. The first-order chi connectivity index (χ1) is 19.0. The van der Waals surface area contributed by atoms with E-state index in [1.807, 2.05) is 24.3 Å². The fourth-order valence-electron chi connectivity index (χ4n) is 5.50. The summed E-state index contributed by atoms with van der Waals surface area (Å²) in [5.74, 6) is 0.360. The van der Waals surface area contributed by atoms with Crippen molar-refractivity contribution in [2.75, 3.05) is 61.8 Å². The maximum atomic E-state index is 12.4. The Hall–Kier alpha value is -3.76. The summed E-state index contributed by atoms with van der Waals surface area (Å²) < 4.78 is 0. The molecule has 1 saturated carbocycles. The number of amides is 1. The number of piperidine rings is 1. The van der Waals surface area contributed by atoms with Crippen molar-refractivity contribution in [3.8, 4) is 11.3 Å². The fourth-order valence-corrected chi connectivity index (χ4v) is 5.50. The van der Waals surface area contributed by atoms with E-state index in [2.05, 4.69) is 54.5 Å². The number of nitrogens with one attached hydrogen (secondary N) is 2. The van der Waals surface area contributed by atoms with Gasteiger partial charge >= 0.3 is 0 Å². The summed E-state index contributed by atoms with van der Waals surface area (Å²) in [5.41, 5.74) is 9.32. The lowest BCUT2D eigenvalue weighted by molar-refractivity contribution is 0.0982. The summed E-state index contributed by atoms with van der Waals surface area (Å²) in [4.78, 5) is 33.5. The second kappa shape index (κ2) is 11.2. The van der Waals surface area contributed by atoms with Gasteiger partial charge in [-0.25, -0.2) is 9.97 Å². The van der Waals surface area contributed by atoms with E-state index < -0.39 is 5.91 Å². The quantitative estimate of drug-likeness (QED) is 0.406. The van der Waals surface area contributed by atoms with E-state index in [0.717, 1.165) is 37.2 Å². The van der Waals surface area contributed by atoms with Crippen molar-refractivity contribution < 1.29 is 4.79 Å². The van der Waals surface area contributed by atoms with Crippen LogP contribution in [-0.2, 0) is 0 Å². The molecule has 0 spiro atoms. The topological polar surface area (TPSA) is 116 Å². The van der Waals surface area contributed by atoms with Crippen LogP contribution in [0, 0.1) is 0 Å². The molecule has 3 aliphatic rings. The number of anilines is 4. The zero-order valence-electron chi connectivity index (χ0n) is 22.5. The Morgan fingerprint density at radius 1 is 0.872 bits per heavy atom. The number of nitrogens with two attached hydrogens (primary N) is 1. The minimum Gasteiger partial charge on any atom is -0.371 e. The molecule has 2 aromatic heterocycles. The van der Waals surface area contributed by atoms with Crippen molar-refractivity contribution in [1.29, 1.82) is 0 Å². The molecule has 0 radical (unpaired) electrons. The first-order valence-corrected chi connectivity index (χ1v) is 14.0. The van der Waals surface area contributed by atoms with E-state index in [-0.39, 0.29) is 5.69 Å². The number of piperazine rings is 1. The van der Waals surface area contributed by atoms with E-state index >= 15 is 0 Å². The molecule has 0 bridgehead atoms. The first-order valence-electron chi connectivity index (χ1n) is 14.0. The molecule has 0 atom stereocenters. The number of pyridine rings is 1. The monoisotopic (exact) mass is 527 g/mol. The third-order valence-electron chi connectivity index (χ3n) is 8.02. The number of hydrogen-bond acceptors (Lipinski definition) is 9. The zero-order chi connectivity index (χ0) is 26.8. The Labute approximate surface area is 229 Å². The van der Waals surface area contributed by atoms with Gasteiger partial charge < -0.3 is 26.2 Å². The molecule has 1 aromatic carbocycles. The molecule has 3 fully saturated rings. The second-order valence-corrected chi connectivity index (χ2v) is 10.9. The maximum Gasteiger partial charge on any atom is 0.271 e. The number of benzene rings is 1. The molecular formula is C29H37N9O. The van der Waals surface area contributed by atoms with E-state index in [1.54, 1.807) is 12.4 Å². The number of hydrogen-bond donors (Lipinski definition) is 3. The molecule has 1 aliphatic carbocycles. The molecule has 39 heavy (non-hydrogen) atoms. The van der Waals surface area contributed by atoms with Crippen LogP contribution in [0.5, 0.6) is 0 Å². The highest BCUT2D eigenvalue weighted by molar-refractivity contribution is 5.97. The lowest BCUT2D eigenvalue weighted by atomic mass is 10.0. The minimum absolute atomic E-state index is 0.109. The number of nitrogens with zero attached hydrogens (tertiary/aromatic N) is 6. The average molecular weight is 528 g/mol. The lowest BCUT2D eigenvalue weighted by Crippen LogP contribution is -2.52. The zero-order valence-corrected chi connectivity index (χ0v) is 22.5. The Bertz CT molecular complexity index is 1280.